The second kappa shape index (κ2) is 4.64. The maximum atomic E-state index is 11.2. The third kappa shape index (κ3) is 3.53. The third-order valence-electron chi connectivity index (χ3n) is 2.60. The van der Waals surface area contributed by atoms with Crippen molar-refractivity contribution >= 4 is 12.4 Å². The van der Waals surface area contributed by atoms with Crippen LogP contribution in [0.4, 0.5) is 4.79 Å². The van der Waals surface area contributed by atoms with E-state index in [9.17, 15) is 9.59 Å². The van der Waals surface area contributed by atoms with Crippen LogP contribution >= 0.6 is 0 Å². The Morgan fingerprint density at radius 3 is 2.07 bits per heavy atom. The molecule has 0 bridgehead atoms. The Kier molecular flexibility index (Phi) is 4.31. The van der Waals surface area contributed by atoms with Gasteiger partial charge in [-0.25, -0.2) is 4.79 Å². The molecule has 2 N–H and O–H groups in total. The molecule has 0 spiro atoms. The molecular weight excluding hydrogens is 194 g/mol. The largest absolute Gasteiger partial charge is 0.465 e. The van der Waals surface area contributed by atoms with Gasteiger partial charge in [0.2, 0.25) is 0 Å². The molecule has 0 unspecified atom stereocenters. The van der Waals surface area contributed by atoms with Crippen LogP contribution in [0.15, 0.2) is 0 Å². The zero-order chi connectivity index (χ0) is 12.3. The molecule has 0 aromatic rings. The van der Waals surface area contributed by atoms with Gasteiger partial charge in [-0.3, -0.25) is 0 Å². The van der Waals surface area contributed by atoms with Crippen LogP contribution in [0.3, 0.4) is 0 Å². The summed E-state index contributed by atoms with van der Waals surface area (Å²) >= 11 is 0. The van der Waals surface area contributed by atoms with E-state index in [0.29, 0.717) is 6.42 Å². The number of carbonyl (C=O) groups is 2. The van der Waals surface area contributed by atoms with E-state index in [4.69, 9.17) is 5.11 Å². The predicted octanol–water partition coefficient (Wildman–Crippen LogP) is 2.28. The summed E-state index contributed by atoms with van der Waals surface area (Å²) < 4.78 is 0. The first-order valence-electron chi connectivity index (χ1n) is 5.12. The minimum atomic E-state index is -1.15. The van der Waals surface area contributed by atoms with Crippen molar-refractivity contribution in [3.8, 4) is 0 Å². The third-order valence-corrected chi connectivity index (χ3v) is 2.60. The van der Waals surface area contributed by atoms with E-state index in [1.54, 1.807) is 0 Å². The SMILES string of the molecule is CC(C)C[C@](C=O)(NC(=O)O)C(C)(C)C. The first-order valence-corrected chi connectivity index (χ1v) is 5.12. The van der Waals surface area contributed by atoms with Gasteiger partial charge in [0.25, 0.3) is 0 Å². The smallest absolute Gasteiger partial charge is 0.405 e. The summed E-state index contributed by atoms with van der Waals surface area (Å²) in [5.41, 5.74) is -1.44. The molecule has 0 saturated carbocycles. The lowest BCUT2D eigenvalue weighted by atomic mass is 9.70. The lowest BCUT2D eigenvalue weighted by Crippen LogP contribution is -2.58. The van der Waals surface area contributed by atoms with Gasteiger partial charge in [-0.15, -0.1) is 0 Å². The molecule has 88 valence electrons. The highest BCUT2D eigenvalue weighted by molar-refractivity contribution is 5.76. The van der Waals surface area contributed by atoms with E-state index in [-0.39, 0.29) is 5.92 Å². The van der Waals surface area contributed by atoms with Crippen LogP contribution in [0.2, 0.25) is 0 Å². The van der Waals surface area contributed by atoms with Gasteiger partial charge in [0.1, 0.15) is 11.8 Å². The minimum absolute atomic E-state index is 0.251. The van der Waals surface area contributed by atoms with Crippen molar-refractivity contribution in [2.45, 2.75) is 46.6 Å². The Bertz CT molecular complexity index is 243. The highest BCUT2D eigenvalue weighted by atomic mass is 16.4. The summed E-state index contributed by atoms with van der Waals surface area (Å²) in [6.45, 7) is 9.51. The van der Waals surface area contributed by atoms with Crippen molar-refractivity contribution in [1.82, 2.24) is 5.32 Å². The molecule has 0 aliphatic heterocycles. The topological polar surface area (TPSA) is 66.4 Å². The first-order chi connectivity index (χ1) is 6.64. The second-order valence-electron chi connectivity index (χ2n) is 5.37. The summed E-state index contributed by atoms with van der Waals surface area (Å²) in [5, 5.41) is 11.1. The first kappa shape index (κ1) is 13.9. The fraction of sp³-hybridized carbons (Fsp3) is 0.818. The quantitative estimate of drug-likeness (QED) is 0.707. The van der Waals surface area contributed by atoms with Crippen molar-refractivity contribution in [1.29, 1.82) is 0 Å². The van der Waals surface area contributed by atoms with Gasteiger partial charge >= 0.3 is 6.09 Å². The molecule has 0 aliphatic carbocycles. The molecule has 0 radical (unpaired) electrons. The molecular formula is C11H21NO3. The number of hydrogen-bond acceptors (Lipinski definition) is 2. The molecule has 15 heavy (non-hydrogen) atoms. The van der Waals surface area contributed by atoms with Gasteiger partial charge in [0.05, 0.1) is 0 Å². The standard InChI is InChI=1S/C11H21NO3/c1-8(2)6-11(7-13,10(3,4)5)12-9(14)15/h7-8,12H,6H2,1-5H3,(H,14,15)/t11-/m1/s1. The number of rotatable bonds is 4. The van der Waals surface area contributed by atoms with E-state index in [0.717, 1.165) is 6.29 Å². The van der Waals surface area contributed by atoms with Crippen LogP contribution in [-0.2, 0) is 4.79 Å². The summed E-state index contributed by atoms with van der Waals surface area (Å²) in [5.74, 6) is 0.251. The second-order valence-corrected chi connectivity index (χ2v) is 5.37. The van der Waals surface area contributed by atoms with Crippen molar-refractivity contribution in [3.05, 3.63) is 0 Å². The summed E-state index contributed by atoms with van der Waals surface area (Å²) in [4.78, 5) is 22.0. The molecule has 1 amide bonds. The molecule has 0 aliphatic rings. The lowest BCUT2D eigenvalue weighted by Gasteiger charge is -2.41. The molecule has 4 heteroatoms. The molecule has 0 saturated heterocycles. The van der Waals surface area contributed by atoms with Crippen molar-refractivity contribution in [2.24, 2.45) is 11.3 Å². The van der Waals surface area contributed by atoms with Crippen LogP contribution in [0.5, 0.6) is 0 Å². The molecule has 1 atom stereocenters. The molecule has 0 heterocycles. The molecule has 0 fully saturated rings. The zero-order valence-electron chi connectivity index (χ0n) is 10.1. The van der Waals surface area contributed by atoms with E-state index in [2.05, 4.69) is 5.32 Å². The van der Waals surface area contributed by atoms with Crippen LogP contribution < -0.4 is 5.32 Å². The Balaban J connectivity index is 5.11. The van der Waals surface area contributed by atoms with E-state index < -0.39 is 17.0 Å². The van der Waals surface area contributed by atoms with Crippen LogP contribution in [0, 0.1) is 11.3 Å². The van der Waals surface area contributed by atoms with Gasteiger partial charge < -0.3 is 15.2 Å². The normalized spacial score (nSPS) is 15.9. The van der Waals surface area contributed by atoms with Gasteiger partial charge in [-0.2, -0.15) is 0 Å². The number of aldehydes is 1. The molecule has 0 aromatic heterocycles. The van der Waals surface area contributed by atoms with Gasteiger partial charge in [-0.1, -0.05) is 34.6 Å². The molecule has 0 aromatic carbocycles. The maximum absolute atomic E-state index is 11.2. The Morgan fingerprint density at radius 1 is 1.40 bits per heavy atom. The Labute approximate surface area is 91.1 Å². The average Bonchev–Trinajstić information content (AvgIpc) is 1.98. The van der Waals surface area contributed by atoms with E-state index >= 15 is 0 Å². The Hall–Kier alpha value is -1.06. The monoisotopic (exact) mass is 215 g/mol. The van der Waals surface area contributed by atoms with Crippen molar-refractivity contribution < 1.29 is 14.7 Å². The fourth-order valence-corrected chi connectivity index (χ4v) is 1.63. The lowest BCUT2D eigenvalue weighted by molar-refractivity contribution is -0.118. The number of carbonyl (C=O) groups excluding carboxylic acids is 1. The molecule has 4 nitrogen and oxygen atoms in total. The number of nitrogens with one attached hydrogen (secondary N) is 1. The van der Waals surface area contributed by atoms with Crippen LogP contribution in [0.25, 0.3) is 0 Å². The highest BCUT2D eigenvalue weighted by Gasteiger charge is 2.43. The van der Waals surface area contributed by atoms with Crippen molar-refractivity contribution in [3.63, 3.8) is 0 Å². The minimum Gasteiger partial charge on any atom is -0.465 e. The summed E-state index contributed by atoms with van der Waals surface area (Å²) in [6, 6.07) is 0. The Morgan fingerprint density at radius 2 is 1.87 bits per heavy atom. The number of carboxylic acid groups (broad SMARTS) is 1. The predicted molar refractivity (Wildman–Crippen MR) is 58.9 cm³/mol. The highest BCUT2D eigenvalue weighted by Crippen LogP contribution is 2.34. The van der Waals surface area contributed by atoms with Gasteiger partial charge in [0.15, 0.2) is 0 Å². The van der Waals surface area contributed by atoms with Gasteiger partial charge in [0, 0.05) is 0 Å². The number of hydrogen-bond donors (Lipinski definition) is 2. The van der Waals surface area contributed by atoms with Crippen LogP contribution in [0.1, 0.15) is 41.0 Å². The van der Waals surface area contributed by atoms with Crippen LogP contribution in [-0.4, -0.2) is 23.0 Å². The number of amides is 1. The van der Waals surface area contributed by atoms with E-state index in [1.807, 2.05) is 34.6 Å². The van der Waals surface area contributed by atoms with E-state index in [1.165, 1.54) is 0 Å². The average molecular weight is 215 g/mol. The zero-order valence-corrected chi connectivity index (χ0v) is 10.1. The van der Waals surface area contributed by atoms with Gasteiger partial charge in [-0.05, 0) is 17.8 Å². The van der Waals surface area contributed by atoms with Crippen molar-refractivity contribution in [2.75, 3.05) is 0 Å². The fourth-order valence-electron chi connectivity index (χ4n) is 1.63. The summed E-state index contributed by atoms with van der Waals surface area (Å²) in [7, 11) is 0. The maximum Gasteiger partial charge on any atom is 0.405 e. The molecule has 0 rings (SSSR count). The summed E-state index contributed by atoms with van der Waals surface area (Å²) in [6.07, 6.45) is 0.0747.